The van der Waals surface area contributed by atoms with E-state index < -0.39 is 0 Å². The fourth-order valence-electron chi connectivity index (χ4n) is 1.76. The molecule has 0 saturated carbocycles. The molecule has 0 saturated heterocycles. The molecule has 0 N–H and O–H groups in total. The van der Waals surface area contributed by atoms with Gasteiger partial charge in [0.2, 0.25) is 0 Å². The molecule has 0 fully saturated rings. The summed E-state index contributed by atoms with van der Waals surface area (Å²) in [6.45, 7) is 6.62. The molecule has 0 aliphatic heterocycles. The molecule has 0 bridgehead atoms. The molecule has 0 aliphatic carbocycles. The van der Waals surface area contributed by atoms with Crippen molar-refractivity contribution in [1.82, 2.24) is 0 Å². The summed E-state index contributed by atoms with van der Waals surface area (Å²) in [6.07, 6.45) is 3.85. The Kier molecular flexibility index (Phi) is 6.20. The Morgan fingerprint density at radius 2 is 2.00 bits per heavy atom. The second-order valence-corrected chi connectivity index (χ2v) is 4.67. The van der Waals surface area contributed by atoms with Gasteiger partial charge in [-0.2, -0.15) is 0 Å². The maximum absolute atomic E-state index is 11.6. The van der Waals surface area contributed by atoms with Gasteiger partial charge in [-0.3, -0.25) is 0 Å². The first-order valence-corrected chi connectivity index (χ1v) is 6.52. The van der Waals surface area contributed by atoms with Crippen LogP contribution in [0.3, 0.4) is 0 Å². The Hall–Kier alpha value is -1.57. The highest BCUT2D eigenvalue weighted by atomic mass is 16.5. The lowest BCUT2D eigenvalue weighted by atomic mass is 9.97. The molecule has 2 heteroatoms. The van der Waals surface area contributed by atoms with Crippen LogP contribution in [0.2, 0.25) is 0 Å². The molecule has 0 radical (unpaired) electrons. The molecule has 98 valence electrons. The van der Waals surface area contributed by atoms with E-state index in [0.29, 0.717) is 12.5 Å². The third-order valence-electron chi connectivity index (χ3n) is 3.07. The van der Waals surface area contributed by atoms with Gasteiger partial charge < -0.3 is 4.74 Å². The third kappa shape index (κ3) is 5.17. The van der Waals surface area contributed by atoms with Crippen molar-refractivity contribution in [2.24, 2.45) is 5.92 Å². The van der Waals surface area contributed by atoms with Crippen molar-refractivity contribution in [2.75, 3.05) is 0 Å². The lowest BCUT2D eigenvalue weighted by Gasteiger charge is -2.10. The van der Waals surface area contributed by atoms with Crippen LogP contribution < -0.4 is 0 Å². The van der Waals surface area contributed by atoms with E-state index in [9.17, 15) is 4.79 Å². The summed E-state index contributed by atoms with van der Waals surface area (Å²) < 4.78 is 5.21. The van der Waals surface area contributed by atoms with E-state index in [1.54, 1.807) is 6.08 Å². The molecule has 1 aromatic carbocycles. The Morgan fingerprint density at radius 1 is 1.33 bits per heavy atom. The van der Waals surface area contributed by atoms with Crippen molar-refractivity contribution >= 4 is 5.97 Å². The molecule has 0 spiro atoms. The molecule has 0 aromatic heterocycles. The number of hydrogen-bond donors (Lipinski definition) is 0. The first kappa shape index (κ1) is 14.5. The van der Waals surface area contributed by atoms with Crippen LogP contribution >= 0.6 is 0 Å². The van der Waals surface area contributed by atoms with Crippen molar-refractivity contribution in [2.45, 2.75) is 40.2 Å². The Balaban J connectivity index is 2.44. The highest BCUT2D eigenvalue weighted by molar-refractivity contribution is 5.82. The highest BCUT2D eigenvalue weighted by Crippen LogP contribution is 2.15. The average Bonchev–Trinajstić information content (AvgIpc) is 2.38. The minimum atomic E-state index is -0.251. The molecule has 1 unspecified atom stereocenters. The Bertz CT molecular complexity index is 393. The summed E-state index contributed by atoms with van der Waals surface area (Å²) >= 11 is 0. The van der Waals surface area contributed by atoms with Crippen molar-refractivity contribution in [3.8, 4) is 0 Å². The molecule has 0 heterocycles. The van der Waals surface area contributed by atoms with Crippen LogP contribution in [0.15, 0.2) is 42.0 Å². The van der Waals surface area contributed by atoms with E-state index in [1.165, 1.54) is 0 Å². The molecule has 0 aliphatic rings. The fraction of sp³-hybridized carbons (Fsp3) is 0.438. The zero-order valence-corrected chi connectivity index (χ0v) is 11.5. The minimum Gasteiger partial charge on any atom is -0.458 e. The van der Waals surface area contributed by atoms with Gasteiger partial charge in [0, 0.05) is 6.08 Å². The number of esters is 1. The summed E-state index contributed by atoms with van der Waals surface area (Å²) in [7, 11) is 0. The standard InChI is InChI=1S/C16H22O2/c1-4-8-13(2)14(3)11-16(17)18-12-15-9-6-5-7-10-15/h5-7,9-11,13H,4,8,12H2,1-3H3/b14-11+. The maximum atomic E-state index is 11.6. The Morgan fingerprint density at radius 3 is 2.61 bits per heavy atom. The number of allylic oxidation sites excluding steroid dienone is 1. The first-order chi connectivity index (χ1) is 8.63. The third-order valence-corrected chi connectivity index (χ3v) is 3.07. The van der Waals surface area contributed by atoms with Crippen molar-refractivity contribution in [1.29, 1.82) is 0 Å². The first-order valence-electron chi connectivity index (χ1n) is 6.52. The van der Waals surface area contributed by atoms with Gasteiger partial charge in [-0.1, -0.05) is 56.2 Å². The van der Waals surface area contributed by atoms with Gasteiger partial charge >= 0.3 is 5.97 Å². The molecule has 18 heavy (non-hydrogen) atoms. The summed E-state index contributed by atoms with van der Waals surface area (Å²) in [5, 5.41) is 0. The van der Waals surface area contributed by atoms with Gasteiger partial charge in [-0.25, -0.2) is 4.79 Å². The molecule has 2 nitrogen and oxygen atoms in total. The maximum Gasteiger partial charge on any atom is 0.331 e. The van der Waals surface area contributed by atoms with Gasteiger partial charge in [-0.15, -0.1) is 0 Å². The second-order valence-electron chi connectivity index (χ2n) is 4.67. The molecule has 0 amide bonds. The van der Waals surface area contributed by atoms with Crippen LogP contribution in [0.4, 0.5) is 0 Å². The van der Waals surface area contributed by atoms with Crippen LogP contribution in [0, 0.1) is 5.92 Å². The number of carbonyl (C=O) groups is 1. The topological polar surface area (TPSA) is 26.3 Å². The van der Waals surface area contributed by atoms with Crippen LogP contribution in [0.25, 0.3) is 0 Å². The minimum absolute atomic E-state index is 0.251. The molecular formula is C16H22O2. The number of benzene rings is 1. The van der Waals surface area contributed by atoms with Crippen LogP contribution in [-0.4, -0.2) is 5.97 Å². The monoisotopic (exact) mass is 246 g/mol. The van der Waals surface area contributed by atoms with E-state index in [2.05, 4.69) is 13.8 Å². The van der Waals surface area contributed by atoms with E-state index in [4.69, 9.17) is 4.74 Å². The normalized spacial score (nSPS) is 13.2. The van der Waals surface area contributed by atoms with Crippen molar-refractivity contribution in [3.05, 3.63) is 47.5 Å². The number of rotatable bonds is 6. The smallest absolute Gasteiger partial charge is 0.331 e. The lowest BCUT2D eigenvalue weighted by Crippen LogP contribution is -2.04. The summed E-state index contributed by atoms with van der Waals surface area (Å²) in [6, 6.07) is 9.72. The van der Waals surface area contributed by atoms with E-state index in [1.807, 2.05) is 37.3 Å². The molecule has 1 rings (SSSR count). The molecule has 1 aromatic rings. The van der Waals surface area contributed by atoms with Gasteiger partial charge in [0.25, 0.3) is 0 Å². The van der Waals surface area contributed by atoms with Gasteiger partial charge in [0.1, 0.15) is 6.61 Å². The fourth-order valence-corrected chi connectivity index (χ4v) is 1.76. The largest absolute Gasteiger partial charge is 0.458 e. The Labute approximate surface area is 110 Å². The average molecular weight is 246 g/mol. The van der Waals surface area contributed by atoms with Crippen LogP contribution in [0.1, 0.15) is 39.2 Å². The number of ether oxygens (including phenoxy) is 1. The van der Waals surface area contributed by atoms with Crippen molar-refractivity contribution < 1.29 is 9.53 Å². The predicted molar refractivity (Wildman–Crippen MR) is 74.1 cm³/mol. The van der Waals surface area contributed by atoms with E-state index in [-0.39, 0.29) is 5.97 Å². The lowest BCUT2D eigenvalue weighted by molar-refractivity contribution is -0.139. The zero-order valence-electron chi connectivity index (χ0n) is 11.5. The van der Waals surface area contributed by atoms with Crippen LogP contribution in [-0.2, 0) is 16.1 Å². The van der Waals surface area contributed by atoms with Gasteiger partial charge in [0.05, 0.1) is 0 Å². The van der Waals surface area contributed by atoms with E-state index >= 15 is 0 Å². The number of hydrogen-bond acceptors (Lipinski definition) is 2. The SMILES string of the molecule is CCCC(C)/C(C)=C/C(=O)OCc1ccccc1. The van der Waals surface area contributed by atoms with E-state index in [0.717, 1.165) is 24.0 Å². The zero-order chi connectivity index (χ0) is 13.4. The quantitative estimate of drug-likeness (QED) is 0.557. The summed E-state index contributed by atoms with van der Waals surface area (Å²) in [4.78, 5) is 11.6. The predicted octanol–water partition coefficient (Wildman–Crippen LogP) is 4.11. The molecular weight excluding hydrogens is 224 g/mol. The highest BCUT2D eigenvalue weighted by Gasteiger charge is 2.06. The number of carbonyl (C=O) groups excluding carboxylic acids is 1. The summed E-state index contributed by atoms with van der Waals surface area (Å²) in [5.41, 5.74) is 2.11. The van der Waals surface area contributed by atoms with Crippen molar-refractivity contribution in [3.63, 3.8) is 0 Å². The van der Waals surface area contributed by atoms with Crippen LogP contribution in [0.5, 0.6) is 0 Å². The molecule has 1 atom stereocenters. The van der Waals surface area contributed by atoms with Gasteiger partial charge in [-0.05, 0) is 24.8 Å². The second kappa shape index (κ2) is 7.70. The summed E-state index contributed by atoms with van der Waals surface area (Å²) in [5.74, 6) is 0.193. The van der Waals surface area contributed by atoms with Gasteiger partial charge in [0.15, 0.2) is 0 Å².